The lowest BCUT2D eigenvalue weighted by Gasteiger charge is -2.15. The standard InChI is InChI=1S/C15H15ClFNO/c1-10-6-7-14(13(17)8-10)18-9-15(19)11-4-2-3-5-12(11)16/h2-8,15,18-19H,9H2,1H3. The van der Waals surface area contributed by atoms with E-state index in [2.05, 4.69) is 5.32 Å². The number of anilines is 1. The van der Waals surface area contributed by atoms with Gasteiger partial charge >= 0.3 is 0 Å². The quantitative estimate of drug-likeness (QED) is 0.889. The average molecular weight is 280 g/mol. The summed E-state index contributed by atoms with van der Waals surface area (Å²) in [6.45, 7) is 2.02. The molecule has 0 aliphatic carbocycles. The third-order valence-electron chi connectivity index (χ3n) is 2.87. The molecule has 1 atom stereocenters. The van der Waals surface area contributed by atoms with Crippen LogP contribution in [0.2, 0.25) is 5.02 Å². The Bertz CT molecular complexity index is 574. The Balaban J connectivity index is 2.04. The number of aliphatic hydroxyl groups is 1. The molecule has 100 valence electrons. The maximum atomic E-state index is 13.6. The molecule has 0 amide bonds. The molecule has 19 heavy (non-hydrogen) atoms. The highest BCUT2D eigenvalue weighted by molar-refractivity contribution is 6.31. The van der Waals surface area contributed by atoms with Crippen LogP contribution in [0.3, 0.4) is 0 Å². The van der Waals surface area contributed by atoms with Crippen molar-refractivity contribution in [3.05, 3.63) is 64.4 Å². The Morgan fingerprint density at radius 3 is 2.68 bits per heavy atom. The zero-order chi connectivity index (χ0) is 13.8. The maximum Gasteiger partial charge on any atom is 0.146 e. The van der Waals surface area contributed by atoms with Crippen molar-refractivity contribution >= 4 is 17.3 Å². The smallest absolute Gasteiger partial charge is 0.146 e. The minimum atomic E-state index is -0.783. The number of halogens is 2. The largest absolute Gasteiger partial charge is 0.387 e. The summed E-state index contributed by atoms with van der Waals surface area (Å²) in [5, 5.41) is 13.4. The molecule has 2 aromatic rings. The molecule has 0 aliphatic rings. The van der Waals surface area contributed by atoms with Crippen molar-refractivity contribution < 1.29 is 9.50 Å². The van der Waals surface area contributed by atoms with E-state index in [1.165, 1.54) is 6.07 Å². The van der Waals surface area contributed by atoms with Gasteiger partial charge in [0.1, 0.15) is 5.82 Å². The number of hydrogen-bond donors (Lipinski definition) is 2. The van der Waals surface area contributed by atoms with Crippen molar-refractivity contribution in [2.45, 2.75) is 13.0 Å². The second kappa shape index (κ2) is 6.04. The highest BCUT2D eigenvalue weighted by Crippen LogP contribution is 2.23. The first kappa shape index (κ1) is 13.8. The number of aliphatic hydroxyl groups excluding tert-OH is 1. The van der Waals surface area contributed by atoms with Gasteiger partial charge in [0, 0.05) is 17.1 Å². The molecule has 4 heteroatoms. The van der Waals surface area contributed by atoms with Crippen molar-refractivity contribution in [3.8, 4) is 0 Å². The Labute approximate surface area is 116 Å². The first-order valence-corrected chi connectivity index (χ1v) is 6.38. The molecule has 0 aromatic heterocycles. The van der Waals surface area contributed by atoms with Gasteiger partial charge < -0.3 is 10.4 Å². The summed E-state index contributed by atoms with van der Waals surface area (Å²) in [6.07, 6.45) is -0.783. The normalized spacial score (nSPS) is 12.2. The molecule has 2 aromatic carbocycles. The van der Waals surface area contributed by atoms with Crippen LogP contribution in [0.1, 0.15) is 17.2 Å². The van der Waals surface area contributed by atoms with Crippen molar-refractivity contribution in [2.75, 3.05) is 11.9 Å². The summed E-state index contributed by atoms with van der Waals surface area (Å²) < 4.78 is 13.6. The fourth-order valence-corrected chi connectivity index (χ4v) is 2.09. The molecule has 0 saturated carbocycles. The second-order valence-electron chi connectivity index (χ2n) is 4.40. The molecule has 2 nitrogen and oxygen atoms in total. The van der Waals surface area contributed by atoms with Gasteiger partial charge in [-0.3, -0.25) is 0 Å². The lowest BCUT2D eigenvalue weighted by atomic mass is 10.1. The zero-order valence-corrected chi connectivity index (χ0v) is 11.3. The second-order valence-corrected chi connectivity index (χ2v) is 4.81. The summed E-state index contributed by atoms with van der Waals surface area (Å²) in [6, 6.07) is 12.0. The molecule has 0 radical (unpaired) electrons. The predicted molar refractivity (Wildman–Crippen MR) is 76.0 cm³/mol. The van der Waals surface area contributed by atoms with Gasteiger partial charge in [-0.15, -0.1) is 0 Å². The first-order chi connectivity index (χ1) is 9.08. The Morgan fingerprint density at radius 1 is 1.26 bits per heavy atom. The fourth-order valence-electron chi connectivity index (χ4n) is 1.83. The fraction of sp³-hybridized carbons (Fsp3) is 0.200. The number of benzene rings is 2. The van der Waals surface area contributed by atoms with E-state index in [0.29, 0.717) is 16.3 Å². The molecule has 0 fully saturated rings. The summed E-state index contributed by atoms with van der Waals surface area (Å²) in [5.41, 5.74) is 1.86. The number of nitrogens with one attached hydrogen (secondary N) is 1. The molecule has 0 heterocycles. The topological polar surface area (TPSA) is 32.3 Å². The number of aryl methyl sites for hydroxylation is 1. The highest BCUT2D eigenvalue weighted by Gasteiger charge is 2.11. The molecule has 1 unspecified atom stereocenters. The molecule has 0 bridgehead atoms. The van der Waals surface area contributed by atoms with Crippen LogP contribution >= 0.6 is 11.6 Å². The third kappa shape index (κ3) is 3.46. The van der Waals surface area contributed by atoms with E-state index in [-0.39, 0.29) is 12.4 Å². The van der Waals surface area contributed by atoms with Crippen molar-refractivity contribution in [2.24, 2.45) is 0 Å². The SMILES string of the molecule is Cc1ccc(NCC(O)c2ccccc2Cl)c(F)c1. The molecule has 0 spiro atoms. The van der Waals surface area contributed by atoms with Gasteiger partial charge in [-0.25, -0.2) is 4.39 Å². The van der Waals surface area contributed by atoms with Crippen molar-refractivity contribution in [1.82, 2.24) is 0 Å². The average Bonchev–Trinajstić information content (AvgIpc) is 2.38. The summed E-state index contributed by atoms with van der Waals surface area (Å²) in [4.78, 5) is 0. The van der Waals surface area contributed by atoms with E-state index in [1.54, 1.807) is 30.3 Å². The van der Waals surface area contributed by atoms with Crippen LogP contribution < -0.4 is 5.32 Å². The Hall–Kier alpha value is -1.58. The predicted octanol–water partition coefficient (Wildman–Crippen LogP) is 3.93. The molecule has 2 N–H and O–H groups in total. The summed E-state index contributed by atoms with van der Waals surface area (Å²) >= 11 is 5.99. The molecule has 2 rings (SSSR count). The van der Waals surface area contributed by atoms with Crippen molar-refractivity contribution in [1.29, 1.82) is 0 Å². The van der Waals surface area contributed by atoms with Gasteiger partial charge in [0.15, 0.2) is 0 Å². The molecular weight excluding hydrogens is 265 g/mol. The highest BCUT2D eigenvalue weighted by atomic mass is 35.5. The minimum absolute atomic E-state index is 0.198. The first-order valence-electron chi connectivity index (χ1n) is 6.00. The molecule has 0 aliphatic heterocycles. The third-order valence-corrected chi connectivity index (χ3v) is 3.22. The van der Waals surface area contributed by atoms with Gasteiger partial charge in [-0.2, -0.15) is 0 Å². The minimum Gasteiger partial charge on any atom is -0.387 e. The van der Waals surface area contributed by atoms with E-state index in [1.807, 2.05) is 13.0 Å². The lowest BCUT2D eigenvalue weighted by Crippen LogP contribution is -2.13. The van der Waals surface area contributed by atoms with Crippen LogP contribution in [0.5, 0.6) is 0 Å². The lowest BCUT2D eigenvalue weighted by molar-refractivity contribution is 0.191. The summed E-state index contributed by atoms with van der Waals surface area (Å²) in [7, 11) is 0. The van der Waals surface area contributed by atoms with Crippen LogP contribution in [0, 0.1) is 12.7 Å². The van der Waals surface area contributed by atoms with E-state index < -0.39 is 6.10 Å². The number of hydrogen-bond acceptors (Lipinski definition) is 2. The maximum absolute atomic E-state index is 13.6. The monoisotopic (exact) mass is 279 g/mol. The van der Waals surface area contributed by atoms with E-state index in [4.69, 9.17) is 11.6 Å². The van der Waals surface area contributed by atoms with Gasteiger partial charge in [0.2, 0.25) is 0 Å². The van der Waals surface area contributed by atoms with Gasteiger partial charge in [-0.05, 0) is 30.7 Å². The summed E-state index contributed by atoms with van der Waals surface area (Å²) in [5.74, 6) is -0.327. The molecule has 0 saturated heterocycles. The van der Waals surface area contributed by atoms with Gasteiger partial charge in [0.25, 0.3) is 0 Å². The van der Waals surface area contributed by atoms with Gasteiger partial charge in [0.05, 0.1) is 11.8 Å². The number of rotatable bonds is 4. The Kier molecular flexibility index (Phi) is 4.40. The van der Waals surface area contributed by atoms with Crippen LogP contribution in [0.4, 0.5) is 10.1 Å². The van der Waals surface area contributed by atoms with Crippen LogP contribution in [0.15, 0.2) is 42.5 Å². The van der Waals surface area contributed by atoms with Crippen LogP contribution in [0.25, 0.3) is 0 Å². The Morgan fingerprint density at radius 2 is 2.00 bits per heavy atom. The van der Waals surface area contributed by atoms with Crippen molar-refractivity contribution in [3.63, 3.8) is 0 Å². The van der Waals surface area contributed by atoms with E-state index in [9.17, 15) is 9.50 Å². The molecular formula is C15H15ClFNO. The zero-order valence-electron chi connectivity index (χ0n) is 10.5. The van der Waals surface area contributed by atoms with E-state index in [0.717, 1.165) is 5.56 Å². The van der Waals surface area contributed by atoms with Crippen LogP contribution in [-0.2, 0) is 0 Å². The van der Waals surface area contributed by atoms with E-state index >= 15 is 0 Å². The van der Waals surface area contributed by atoms with Gasteiger partial charge in [-0.1, -0.05) is 35.9 Å². The van der Waals surface area contributed by atoms with Crippen LogP contribution in [-0.4, -0.2) is 11.7 Å².